The van der Waals surface area contributed by atoms with Gasteiger partial charge in [-0.05, 0) is 42.3 Å². The van der Waals surface area contributed by atoms with Crippen molar-refractivity contribution in [1.29, 1.82) is 0 Å². The van der Waals surface area contributed by atoms with Crippen molar-refractivity contribution in [1.82, 2.24) is 14.8 Å². The minimum Gasteiger partial charge on any atom is -0.207 e. The fourth-order valence-electron chi connectivity index (χ4n) is 1.52. The first kappa shape index (κ1) is 12.0. The Bertz CT molecular complexity index is 493. The number of benzene rings is 1. The van der Waals surface area contributed by atoms with Gasteiger partial charge in [-0.2, -0.15) is 0 Å². The summed E-state index contributed by atoms with van der Waals surface area (Å²) in [6.07, 6.45) is 2.93. The number of aryl methyl sites for hydroxylation is 1. The highest BCUT2D eigenvalue weighted by molar-refractivity contribution is 6.28. The summed E-state index contributed by atoms with van der Waals surface area (Å²) in [5, 5.41) is 4.61. The van der Waals surface area contributed by atoms with E-state index in [0.29, 0.717) is 11.0 Å². The molecule has 1 aromatic heterocycles. The van der Waals surface area contributed by atoms with Crippen LogP contribution in [-0.4, -0.2) is 14.8 Å². The summed E-state index contributed by atoms with van der Waals surface area (Å²) in [6, 6.07) is 6.00. The summed E-state index contributed by atoms with van der Waals surface area (Å²) in [4.78, 5) is 4.17. The van der Waals surface area contributed by atoms with Crippen LogP contribution in [0.1, 0.15) is 25.6 Å². The van der Waals surface area contributed by atoms with Crippen molar-refractivity contribution in [3.05, 3.63) is 41.2 Å². The lowest BCUT2D eigenvalue weighted by Crippen LogP contribution is -1.97. The van der Waals surface area contributed by atoms with Gasteiger partial charge < -0.3 is 0 Å². The van der Waals surface area contributed by atoms with Crippen LogP contribution >= 0.6 is 11.6 Å². The van der Waals surface area contributed by atoms with Gasteiger partial charge in [-0.15, -0.1) is 5.10 Å². The molecule has 0 unspecified atom stereocenters. The first-order chi connectivity index (χ1) is 8.20. The molecule has 0 amide bonds. The molecule has 0 aliphatic carbocycles. The predicted molar refractivity (Wildman–Crippen MR) is 64.9 cm³/mol. The molecule has 0 atom stereocenters. The van der Waals surface area contributed by atoms with Crippen LogP contribution in [-0.2, 0) is 6.42 Å². The van der Waals surface area contributed by atoms with Gasteiger partial charge in [0.2, 0.25) is 5.28 Å². The number of halogens is 2. The molecule has 2 aromatic rings. The highest BCUT2D eigenvalue weighted by Gasteiger charge is 2.09. The molecular weight excluding hydrogens is 241 g/mol. The molecule has 3 nitrogen and oxygen atoms in total. The van der Waals surface area contributed by atoms with Crippen LogP contribution in [0.15, 0.2) is 24.3 Å². The van der Waals surface area contributed by atoms with E-state index in [0.717, 1.165) is 25.1 Å². The zero-order valence-electron chi connectivity index (χ0n) is 9.53. The smallest absolute Gasteiger partial charge is 0.207 e. The van der Waals surface area contributed by atoms with E-state index >= 15 is 0 Å². The van der Waals surface area contributed by atoms with Gasteiger partial charge in [-0.25, -0.2) is 14.1 Å². The largest absolute Gasteiger partial charge is 0.225 e. The second-order valence-corrected chi connectivity index (χ2v) is 4.13. The molecule has 90 valence electrons. The monoisotopic (exact) mass is 253 g/mol. The van der Waals surface area contributed by atoms with Gasteiger partial charge in [-0.1, -0.05) is 13.3 Å². The highest BCUT2D eigenvalue weighted by Crippen LogP contribution is 2.15. The molecular formula is C12H13ClFN3. The molecule has 0 spiro atoms. The van der Waals surface area contributed by atoms with Crippen LogP contribution in [0, 0.1) is 5.82 Å². The maximum atomic E-state index is 12.8. The van der Waals surface area contributed by atoms with Crippen LogP contribution in [0.2, 0.25) is 5.28 Å². The summed E-state index contributed by atoms with van der Waals surface area (Å²) < 4.78 is 14.3. The minimum absolute atomic E-state index is 0.281. The topological polar surface area (TPSA) is 30.7 Å². The molecule has 0 saturated heterocycles. The maximum absolute atomic E-state index is 12.8. The van der Waals surface area contributed by atoms with Crippen molar-refractivity contribution in [2.45, 2.75) is 26.2 Å². The van der Waals surface area contributed by atoms with Crippen LogP contribution < -0.4 is 0 Å². The lowest BCUT2D eigenvalue weighted by Gasteiger charge is -2.00. The predicted octanol–water partition coefficient (Wildman–Crippen LogP) is 3.40. The van der Waals surface area contributed by atoms with Crippen LogP contribution in [0.4, 0.5) is 4.39 Å². The SMILES string of the molecule is CCCCc1nc(Cl)n(-c2ccc(F)cc2)n1. The molecule has 2 rings (SSSR count). The maximum Gasteiger partial charge on any atom is 0.225 e. The quantitative estimate of drug-likeness (QED) is 0.836. The van der Waals surface area contributed by atoms with Gasteiger partial charge in [0, 0.05) is 6.42 Å². The molecule has 0 aliphatic heterocycles. The molecule has 0 N–H and O–H groups in total. The van der Waals surface area contributed by atoms with Gasteiger partial charge in [0.1, 0.15) is 5.82 Å². The number of aromatic nitrogens is 3. The third-order valence-electron chi connectivity index (χ3n) is 2.44. The molecule has 17 heavy (non-hydrogen) atoms. The Morgan fingerprint density at radius 1 is 1.29 bits per heavy atom. The minimum atomic E-state index is -0.281. The summed E-state index contributed by atoms with van der Waals surface area (Å²) in [5.41, 5.74) is 0.714. The van der Waals surface area contributed by atoms with E-state index in [2.05, 4.69) is 17.0 Å². The average molecular weight is 254 g/mol. The van der Waals surface area contributed by atoms with E-state index in [1.165, 1.54) is 16.8 Å². The van der Waals surface area contributed by atoms with Crippen LogP contribution in [0.5, 0.6) is 0 Å². The van der Waals surface area contributed by atoms with E-state index < -0.39 is 0 Å². The number of hydrogen-bond acceptors (Lipinski definition) is 2. The van der Waals surface area contributed by atoms with Gasteiger partial charge in [-0.3, -0.25) is 0 Å². The lowest BCUT2D eigenvalue weighted by atomic mass is 10.2. The second-order valence-electron chi connectivity index (χ2n) is 3.79. The lowest BCUT2D eigenvalue weighted by molar-refractivity contribution is 0.627. The molecule has 1 heterocycles. The van der Waals surface area contributed by atoms with Crippen molar-refractivity contribution in [2.24, 2.45) is 0 Å². The molecule has 0 saturated carbocycles. The summed E-state index contributed by atoms with van der Waals surface area (Å²) >= 11 is 5.99. The highest BCUT2D eigenvalue weighted by atomic mass is 35.5. The first-order valence-electron chi connectivity index (χ1n) is 5.58. The summed E-state index contributed by atoms with van der Waals surface area (Å²) in [6.45, 7) is 2.11. The number of nitrogens with zero attached hydrogens (tertiary/aromatic N) is 3. The Hall–Kier alpha value is -1.42. The fraction of sp³-hybridized carbons (Fsp3) is 0.333. The van der Waals surface area contributed by atoms with Crippen molar-refractivity contribution >= 4 is 11.6 Å². The van der Waals surface area contributed by atoms with E-state index in [1.807, 2.05) is 0 Å². The zero-order valence-corrected chi connectivity index (χ0v) is 10.3. The van der Waals surface area contributed by atoms with Crippen molar-refractivity contribution in [3.8, 4) is 5.69 Å². The van der Waals surface area contributed by atoms with Crippen LogP contribution in [0.25, 0.3) is 5.69 Å². The Labute approximate surface area is 104 Å². The van der Waals surface area contributed by atoms with Crippen molar-refractivity contribution in [3.63, 3.8) is 0 Å². The first-order valence-corrected chi connectivity index (χ1v) is 5.96. The number of hydrogen-bond donors (Lipinski definition) is 0. The molecule has 0 aliphatic rings. The Kier molecular flexibility index (Phi) is 3.74. The van der Waals surface area contributed by atoms with E-state index in [9.17, 15) is 4.39 Å². The van der Waals surface area contributed by atoms with Gasteiger partial charge >= 0.3 is 0 Å². The van der Waals surface area contributed by atoms with Crippen LogP contribution in [0.3, 0.4) is 0 Å². The van der Waals surface area contributed by atoms with Crippen molar-refractivity contribution in [2.75, 3.05) is 0 Å². The normalized spacial score (nSPS) is 10.8. The number of unbranched alkanes of at least 4 members (excludes halogenated alkanes) is 1. The van der Waals surface area contributed by atoms with E-state index in [1.54, 1.807) is 12.1 Å². The Balaban J connectivity index is 2.26. The van der Waals surface area contributed by atoms with E-state index in [4.69, 9.17) is 11.6 Å². The van der Waals surface area contributed by atoms with E-state index in [-0.39, 0.29) is 5.82 Å². The number of rotatable bonds is 4. The third-order valence-corrected chi connectivity index (χ3v) is 2.68. The van der Waals surface area contributed by atoms with Gasteiger partial charge in [0.05, 0.1) is 5.69 Å². The Morgan fingerprint density at radius 3 is 2.65 bits per heavy atom. The van der Waals surface area contributed by atoms with Gasteiger partial charge in [0.15, 0.2) is 5.82 Å². The molecule has 0 radical (unpaired) electrons. The van der Waals surface area contributed by atoms with Crippen molar-refractivity contribution < 1.29 is 4.39 Å². The zero-order chi connectivity index (χ0) is 12.3. The summed E-state index contributed by atoms with van der Waals surface area (Å²) in [5.74, 6) is 0.442. The Morgan fingerprint density at radius 2 is 2.00 bits per heavy atom. The molecule has 0 bridgehead atoms. The molecule has 0 fully saturated rings. The standard InChI is InChI=1S/C12H13ClFN3/c1-2-3-4-11-15-12(13)17(16-11)10-7-5-9(14)6-8-10/h5-8H,2-4H2,1H3. The second kappa shape index (κ2) is 5.27. The average Bonchev–Trinajstić information content (AvgIpc) is 2.69. The third kappa shape index (κ3) is 2.82. The molecule has 5 heteroatoms. The molecule has 1 aromatic carbocycles. The fourth-order valence-corrected chi connectivity index (χ4v) is 1.75. The summed E-state index contributed by atoms with van der Waals surface area (Å²) in [7, 11) is 0. The van der Waals surface area contributed by atoms with Gasteiger partial charge in [0.25, 0.3) is 0 Å².